The fourth-order valence-electron chi connectivity index (χ4n) is 2.00. The largest absolute Gasteiger partial charge is 0.456 e. The monoisotopic (exact) mass is 286 g/mol. The van der Waals surface area contributed by atoms with E-state index in [-0.39, 0.29) is 12.2 Å². The van der Waals surface area contributed by atoms with Crippen molar-refractivity contribution in [2.45, 2.75) is 19.4 Å². The van der Waals surface area contributed by atoms with E-state index in [1.807, 2.05) is 43.3 Å². The summed E-state index contributed by atoms with van der Waals surface area (Å²) in [6.45, 7) is 1.42. The summed E-state index contributed by atoms with van der Waals surface area (Å²) < 4.78 is 5.81. The van der Waals surface area contributed by atoms with Gasteiger partial charge in [-0.3, -0.25) is 4.79 Å². The highest BCUT2D eigenvalue weighted by Gasteiger charge is 2.18. The Morgan fingerprint density at radius 3 is 2.52 bits per heavy atom. The van der Waals surface area contributed by atoms with Crippen molar-refractivity contribution in [3.63, 3.8) is 0 Å². The minimum atomic E-state index is -1.05. The summed E-state index contributed by atoms with van der Waals surface area (Å²) in [5.74, 6) is 0.869. The van der Waals surface area contributed by atoms with E-state index in [4.69, 9.17) is 9.84 Å². The lowest BCUT2D eigenvalue weighted by Gasteiger charge is -2.14. The molecule has 110 valence electrons. The van der Waals surface area contributed by atoms with Crippen LogP contribution < -0.4 is 4.74 Å². The van der Waals surface area contributed by atoms with Crippen molar-refractivity contribution >= 4 is 5.78 Å². The number of aliphatic hydroxyl groups excluding tert-OH is 2. The van der Waals surface area contributed by atoms with Gasteiger partial charge >= 0.3 is 0 Å². The third-order valence-electron chi connectivity index (χ3n) is 3.11. The van der Waals surface area contributed by atoms with Crippen LogP contribution in [0.5, 0.6) is 11.5 Å². The first-order valence-electron chi connectivity index (χ1n) is 6.76. The molecule has 0 aliphatic rings. The Hall–Kier alpha value is -2.17. The molecule has 21 heavy (non-hydrogen) atoms. The summed E-state index contributed by atoms with van der Waals surface area (Å²) in [5, 5.41) is 18.3. The zero-order valence-electron chi connectivity index (χ0n) is 11.8. The summed E-state index contributed by atoms with van der Waals surface area (Å²) in [4.78, 5) is 12.2. The number of Topliss-reactive ketones (excluding diaryl/α,β-unsaturated/α-hetero) is 1. The lowest BCUT2D eigenvalue weighted by molar-refractivity contribution is 0.0701. The van der Waals surface area contributed by atoms with Crippen LogP contribution in [0.15, 0.2) is 48.5 Å². The second kappa shape index (κ2) is 7.02. The molecule has 0 radical (unpaired) electrons. The standard InChI is InChI=1S/C17H18O4/c1-12-6-5-9-15(16(20)10-13(19)11-18)17(12)21-14-7-3-2-4-8-14/h2-9,13,18-19H,10-11H2,1H3. The van der Waals surface area contributed by atoms with Gasteiger partial charge in [0.1, 0.15) is 11.5 Å². The van der Waals surface area contributed by atoms with Crippen molar-refractivity contribution < 1.29 is 19.7 Å². The van der Waals surface area contributed by atoms with Crippen LogP contribution in [-0.2, 0) is 0 Å². The second-order valence-corrected chi connectivity index (χ2v) is 4.83. The zero-order valence-corrected chi connectivity index (χ0v) is 11.8. The smallest absolute Gasteiger partial charge is 0.169 e. The van der Waals surface area contributed by atoms with Gasteiger partial charge < -0.3 is 14.9 Å². The summed E-state index contributed by atoms with van der Waals surface area (Å²) in [6.07, 6.45) is -1.19. The lowest BCUT2D eigenvalue weighted by atomic mass is 10.0. The Labute approximate surface area is 123 Å². The number of carbonyl (C=O) groups excluding carboxylic acids is 1. The maximum Gasteiger partial charge on any atom is 0.169 e. The van der Waals surface area contributed by atoms with Crippen molar-refractivity contribution in [2.75, 3.05) is 6.61 Å². The van der Waals surface area contributed by atoms with Gasteiger partial charge in [-0.25, -0.2) is 0 Å². The van der Waals surface area contributed by atoms with Crippen LogP contribution >= 0.6 is 0 Å². The number of hydrogen-bond donors (Lipinski definition) is 2. The molecule has 0 aromatic heterocycles. The van der Waals surface area contributed by atoms with Gasteiger partial charge in [-0.15, -0.1) is 0 Å². The quantitative estimate of drug-likeness (QED) is 0.801. The second-order valence-electron chi connectivity index (χ2n) is 4.83. The predicted molar refractivity (Wildman–Crippen MR) is 79.7 cm³/mol. The molecule has 4 heteroatoms. The molecular formula is C17H18O4. The molecule has 0 saturated heterocycles. The fraction of sp³-hybridized carbons (Fsp3) is 0.235. The highest BCUT2D eigenvalue weighted by molar-refractivity contribution is 5.99. The van der Waals surface area contributed by atoms with E-state index in [0.29, 0.717) is 17.1 Å². The van der Waals surface area contributed by atoms with Gasteiger partial charge in [0, 0.05) is 6.42 Å². The Kier molecular flexibility index (Phi) is 5.09. The van der Waals surface area contributed by atoms with E-state index in [1.54, 1.807) is 12.1 Å². The maximum absolute atomic E-state index is 12.2. The summed E-state index contributed by atoms with van der Waals surface area (Å²) in [6, 6.07) is 14.5. The number of ether oxygens (including phenoxy) is 1. The molecule has 0 saturated carbocycles. The zero-order chi connectivity index (χ0) is 15.2. The number of carbonyl (C=O) groups is 1. The van der Waals surface area contributed by atoms with E-state index in [9.17, 15) is 9.90 Å². The molecule has 4 nitrogen and oxygen atoms in total. The number of aryl methyl sites for hydroxylation is 1. The first-order chi connectivity index (χ1) is 10.1. The van der Waals surface area contributed by atoms with Gasteiger partial charge in [-0.1, -0.05) is 30.3 Å². The Bertz CT molecular complexity index is 607. The van der Waals surface area contributed by atoms with Gasteiger partial charge in [-0.05, 0) is 30.7 Å². The highest BCUT2D eigenvalue weighted by atomic mass is 16.5. The summed E-state index contributed by atoms with van der Waals surface area (Å²) in [5.41, 5.74) is 1.24. The van der Waals surface area contributed by atoms with Crippen LogP contribution in [0.1, 0.15) is 22.3 Å². The number of benzene rings is 2. The molecule has 0 aliphatic heterocycles. The third kappa shape index (κ3) is 3.90. The number of para-hydroxylation sites is 2. The summed E-state index contributed by atoms with van der Waals surface area (Å²) >= 11 is 0. The van der Waals surface area contributed by atoms with Crippen molar-refractivity contribution in [2.24, 2.45) is 0 Å². The minimum Gasteiger partial charge on any atom is -0.456 e. The van der Waals surface area contributed by atoms with Gasteiger partial charge in [-0.2, -0.15) is 0 Å². The highest BCUT2D eigenvalue weighted by Crippen LogP contribution is 2.30. The SMILES string of the molecule is Cc1cccc(C(=O)CC(O)CO)c1Oc1ccccc1. The van der Waals surface area contributed by atoms with Gasteiger partial charge in [0.25, 0.3) is 0 Å². The van der Waals surface area contributed by atoms with Crippen LogP contribution in [0.2, 0.25) is 0 Å². The number of ketones is 1. The molecular weight excluding hydrogens is 268 g/mol. The van der Waals surface area contributed by atoms with E-state index in [2.05, 4.69) is 0 Å². The Morgan fingerprint density at radius 1 is 1.14 bits per heavy atom. The van der Waals surface area contributed by atoms with Gasteiger partial charge in [0.15, 0.2) is 5.78 Å². The fourth-order valence-corrected chi connectivity index (χ4v) is 2.00. The van der Waals surface area contributed by atoms with Crippen molar-refractivity contribution in [3.05, 3.63) is 59.7 Å². The topological polar surface area (TPSA) is 66.8 Å². The van der Waals surface area contributed by atoms with Crippen LogP contribution in [0, 0.1) is 6.92 Å². The first-order valence-corrected chi connectivity index (χ1v) is 6.76. The number of rotatable bonds is 6. The first kappa shape index (κ1) is 15.2. The maximum atomic E-state index is 12.2. The van der Waals surface area contributed by atoms with Crippen LogP contribution in [-0.4, -0.2) is 28.7 Å². The molecule has 2 aromatic rings. The van der Waals surface area contributed by atoms with Crippen molar-refractivity contribution in [1.29, 1.82) is 0 Å². The molecule has 0 spiro atoms. The van der Waals surface area contributed by atoms with Crippen molar-refractivity contribution in [1.82, 2.24) is 0 Å². The molecule has 2 rings (SSSR count). The van der Waals surface area contributed by atoms with Crippen LogP contribution in [0.25, 0.3) is 0 Å². The van der Waals surface area contributed by atoms with E-state index >= 15 is 0 Å². The Balaban J connectivity index is 2.30. The van der Waals surface area contributed by atoms with E-state index in [0.717, 1.165) is 5.56 Å². The lowest BCUT2D eigenvalue weighted by Crippen LogP contribution is -2.18. The molecule has 2 N–H and O–H groups in total. The van der Waals surface area contributed by atoms with Crippen LogP contribution in [0.3, 0.4) is 0 Å². The number of aliphatic hydroxyl groups is 2. The molecule has 0 bridgehead atoms. The molecule has 1 atom stereocenters. The minimum absolute atomic E-state index is 0.134. The van der Waals surface area contributed by atoms with Crippen molar-refractivity contribution in [3.8, 4) is 11.5 Å². The van der Waals surface area contributed by atoms with Crippen LogP contribution in [0.4, 0.5) is 0 Å². The average molecular weight is 286 g/mol. The van der Waals surface area contributed by atoms with E-state index in [1.165, 1.54) is 0 Å². The molecule has 0 heterocycles. The van der Waals surface area contributed by atoms with Gasteiger partial charge in [0.2, 0.25) is 0 Å². The number of hydrogen-bond acceptors (Lipinski definition) is 4. The average Bonchev–Trinajstić information content (AvgIpc) is 2.50. The molecule has 0 aliphatic carbocycles. The Morgan fingerprint density at radius 2 is 1.86 bits per heavy atom. The van der Waals surface area contributed by atoms with Gasteiger partial charge in [0.05, 0.1) is 18.3 Å². The predicted octanol–water partition coefficient (Wildman–Crippen LogP) is 2.71. The molecule has 0 fully saturated rings. The molecule has 0 amide bonds. The summed E-state index contributed by atoms with van der Waals surface area (Å²) in [7, 11) is 0. The molecule has 1 unspecified atom stereocenters. The molecule has 2 aromatic carbocycles. The van der Waals surface area contributed by atoms with E-state index < -0.39 is 12.7 Å². The normalized spacial score (nSPS) is 12.0. The third-order valence-corrected chi connectivity index (χ3v) is 3.11.